The molecule has 25 atom stereocenters. The molecule has 5 aliphatic rings. The van der Waals surface area contributed by atoms with Gasteiger partial charge in [0, 0.05) is 83.1 Å². The molecular weight excluding hydrogens is 1360 g/mol. The van der Waals surface area contributed by atoms with Gasteiger partial charge in [0.25, 0.3) is 0 Å². The minimum absolute atomic E-state index is 0.0179. The molecule has 1 aromatic rings. The maximum atomic E-state index is 14.2. The number of ether oxygens (including phenoxy) is 21. The lowest BCUT2D eigenvalue weighted by Gasteiger charge is -2.53. The van der Waals surface area contributed by atoms with E-state index in [-0.39, 0.29) is 11.3 Å². The molecule has 1 aromatic carbocycles. The van der Waals surface area contributed by atoms with E-state index in [4.69, 9.17) is 99.5 Å². The van der Waals surface area contributed by atoms with Crippen molar-refractivity contribution in [2.45, 2.75) is 256 Å². The lowest BCUT2D eigenvalue weighted by molar-refractivity contribution is -0.396. The second kappa shape index (κ2) is 37.3. The first kappa shape index (κ1) is 81.2. The van der Waals surface area contributed by atoms with E-state index < -0.39 is 250 Å². The van der Waals surface area contributed by atoms with Gasteiger partial charge in [-0.2, -0.15) is 0 Å². The first-order valence-corrected chi connectivity index (χ1v) is 32.6. The number of rotatable bonds is 27. The van der Waals surface area contributed by atoms with E-state index in [0.717, 1.165) is 94.8 Å². The molecule has 5 saturated heterocycles. The third-order valence-corrected chi connectivity index (χ3v) is 16.2. The fourth-order valence-corrected chi connectivity index (χ4v) is 12.5. The number of nitrogens with one attached hydrogen (secondary N) is 1. The van der Waals surface area contributed by atoms with Crippen LogP contribution in [0.5, 0.6) is 0 Å². The molecule has 558 valence electrons. The molecule has 0 saturated carbocycles. The SMILES string of the molecule is CCS[C@@H]1OC(COC(C)=O)C(O)[C@H](O[C@@H]2OC(COC(C)=O)C(O[C@@H]3OC(COC(C)=O)C(OC(C)=O)[C@H](OC(C)=O)C3OC3OC(C)[C@H](OC(C)=O)C(OC(C)=O)[C@@H]3OC(C)=O)[C@H](O[C@@H]3OC(C)C(OC(C)=O)[C@H](OC(C)=O)C3OC(C)=O)C2NC(C)=O)C1OC(=O)c1ccccc1. The average molecular weight is 1450 g/mol. The highest BCUT2D eigenvalue weighted by Gasteiger charge is 2.62. The molecule has 5 aliphatic heterocycles. The molecule has 5 heterocycles. The molecule has 36 nitrogen and oxygen atoms in total. The van der Waals surface area contributed by atoms with Crippen molar-refractivity contribution in [2.24, 2.45) is 0 Å². The summed E-state index contributed by atoms with van der Waals surface area (Å²) in [4.78, 5) is 171. The zero-order chi connectivity index (χ0) is 74.1. The van der Waals surface area contributed by atoms with Gasteiger partial charge in [-0.05, 0) is 31.7 Å². The van der Waals surface area contributed by atoms with Crippen LogP contribution < -0.4 is 5.32 Å². The zero-order valence-corrected chi connectivity index (χ0v) is 58.2. The topological polar surface area (TPSA) is 448 Å². The van der Waals surface area contributed by atoms with Crippen molar-refractivity contribution in [3.05, 3.63) is 35.9 Å². The molecule has 37 heteroatoms. The molecule has 0 radical (unpaired) electrons. The summed E-state index contributed by atoms with van der Waals surface area (Å²) < 4.78 is 128. The minimum atomic E-state index is -2.31. The van der Waals surface area contributed by atoms with Crippen molar-refractivity contribution in [3.8, 4) is 0 Å². The lowest BCUT2D eigenvalue weighted by Crippen LogP contribution is -2.72. The van der Waals surface area contributed by atoms with Crippen LogP contribution in [0.1, 0.15) is 114 Å². The highest BCUT2D eigenvalue weighted by molar-refractivity contribution is 7.99. The van der Waals surface area contributed by atoms with Gasteiger partial charge < -0.3 is 110 Å². The molecule has 2 N–H and O–H groups in total. The first-order chi connectivity index (χ1) is 47.1. The van der Waals surface area contributed by atoms with Crippen LogP contribution in [-0.4, -0.2) is 261 Å². The molecule has 6 rings (SSSR count). The number of benzene rings is 1. The van der Waals surface area contributed by atoms with Crippen molar-refractivity contribution in [1.29, 1.82) is 0 Å². The van der Waals surface area contributed by atoms with Crippen LogP contribution in [-0.2, 0) is 157 Å². The maximum absolute atomic E-state index is 14.2. The largest absolute Gasteiger partial charge is 0.463 e. The normalized spacial score (nSPS) is 34.0. The fraction of sp³-hybridized carbons (Fsp3) is 0.698. The molecule has 15 unspecified atom stereocenters. The molecule has 0 aliphatic carbocycles. The van der Waals surface area contributed by atoms with Gasteiger partial charge in [-0.15, -0.1) is 11.8 Å². The quantitative estimate of drug-likeness (QED) is 0.0876. The van der Waals surface area contributed by atoms with Gasteiger partial charge in [0.1, 0.15) is 74.0 Å². The summed E-state index contributed by atoms with van der Waals surface area (Å²) in [5, 5.41) is 15.2. The molecule has 100 heavy (non-hydrogen) atoms. The van der Waals surface area contributed by atoms with Gasteiger partial charge in [-0.25, -0.2) is 4.79 Å². The summed E-state index contributed by atoms with van der Waals surface area (Å²) in [6, 6.07) is 5.58. The maximum Gasteiger partial charge on any atom is 0.338 e. The van der Waals surface area contributed by atoms with Crippen LogP contribution in [0.3, 0.4) is 0 Å². The van der Waals surface area contributed by atoms with E-state index in [9.17, 15) is 67.4 Å². The summed E-state index contributed by atoms with van der Waals surface area (Å²) in [6.07, 6.45) is -43.2. The number of aliphatic hydroxyl groups is 1. The number of esters is 12. The van der Waals surface area contributed by atoms with Gasteiger partial charge in [0.15, 0.2) is 86.2 Å². The summed E-state index contributed by atoms with van der Waals surface area (Å²) in [6.45, 7) is 13.8. The van der Waals surface area contributed by atoms with Crippen molar-refractivity contribution in [1.82, 2.24) is 5.32 Å². The zero-order valence-electron chi connectivity index (χ0n) is 57.4. The van der Waals surface area contributed by atoms with Crippen LogP contribution in [0.4, 0.5) is 0 Å². The first-order valence-electron chi connectivity index (χ1n) is 31.6. The highest BCUT2D eigenvalue weighted by atomic mass is 32.2. The van der Waals surface area contributed by atoms with Gasteiger partial charge in [-0.3, -0.25) is 57.5 Å². The second-order valence-electron chi connectivity index (χ2n) is 23.4. The molecular formula is C63H85NO35S. The summed E-state index contributed by atoms with van der Waals surface area (Å²) in [5.41, 5.74) is -1.25. The van der Waals surface area contributed by atoms with Gasteiger partial charge in [-0.1, -0.05) is 25.1 Å². The Morgan fingerprint density at radius 2 is 0.740 bits per heavy atom. The molecule has 0 bridgehead atoms. The van der Waals surface area contributed by atoms with Crippen molar-refractivity contribution in [3.63, 3.8) is 0 Å². The number of thioether (sulfide) groups is 1. The number of carbonyl (C=O) groups is 13. The van der Waals surface area contributed by atoms with E-state index >= 15 is 0 Å². The number of hydrogen-bond donors (Lipinski definition) is 2. The Balaban J connectivity index is 1.68. The monoisotopic (exact) mass is 1450 g/mol. The minimum Gasteiger partial charge on any atom is -0.463 e. The summed E-state index contributed by atoms with van der Waals surface area (Å²) in [7, 11) is 0. The van der Waals surface area contributed by atoms with Crippen LogP contribution in [0.15, 0.2) is 30.3 Å². The molecule has 1 amide bonds. The highest BCUT2D eigenvalue weighted by Crippen LogP contribution is 2.42. The van der Waals surface area contributed by atoms with Crippen LogP contribution in [0.2, 0.25) is 0 Å². The Hall–Kier alpha value is -7.72. The van der Waals surface area contributed by atoms with Gasteiger partial charge in [0.05, 0.1) is 17.8 Å². The second-order valence-corrected chi connectivity index (χ2v) is 24.7. The fourth-order valence-electron chi connectivity index (χ4n) is 11.5. The Kier molecular flexibility index (Phi) is 30.3. The Morgan fingerprint density at radius 1 is 0.380 bits per heavy atom. The third-order valence-electron chi connectivity index (χ3n) is 15.2. The Labute approximate surface area is 577 Å². The summed E-state index contributed by atoms with van der Waals surface area (Å²) >= 11 is 1.06. The van der Waals surface area contributed by atoms with Crippen LogP contribution in [0.25, 0.3) is 0 Å². The summed E-state index contributed by atoms with van der Waals surface area (Å²) in [5.74, 6) is -12.6. The molecule has 5 fully saturated rings. The standard InChI is InChI=1S/C63H85NO35S/c1-16-100-63-57(95-58(78)39-20-18-17-19-21-39)50(44(77)40(94-63)22-79-28(5)66)98-59-43(64-27(4)65)49(97-60-54(90-37(14)75)51(87-34(11)72)45(25(2)82-60)84-31(8)69)47(41(92-59)23-80-29(6)67)96-62-56(53(89-36(13)74)48(86-33(10)71)42(93-62)24-81-30(7)68)99-61-55(91-38(15)76)52(88-35(12)73)46(26(3)83-61)85-32(9)70/h17-21,25-26,40-57,59-63,77H,16,22-24H2,1-15H3,(H,64,65)/t25?,26?,40?,41?,42?,43?,44?,45?,46-,47?,48?,49+,50-,51-,52?,53-,54?,55-,56?,57?,59-,60-,61?,62-,63-/m0/s1. The van der Waals surface area contributed by atoms with E-state index in [1.54, 1.807) is 25.1 Å². The van der Waals surface area contributed by atoms with Gasteiger partial charge in [0.2, 0.25) is 5.91 Å². The van der Waals surface area contributed by atoms with Crippen molar-refractivity contribution < 1.29 is 167 Å². The molecule has 0 spiro atoms. The lowest BCUT2D eigenvalue weighted by atomic mass is 9.93. The van der Waals surface area contributed by atoms with Crippen LogP contribution in [0, 0.1) is 0 Å². The Morgan fingerprint density at radius 3 is 1.17 bits per heavy atom. The predicted octanol–water partition coefficient (Wildman–Crippen LogP) is 0.179. The van der Waals surface area contributed by atoms with E-state index in [1.807, 2.05) is 0 Å². The van der Waals surface area contributed by atoms with Crippen molar-refractivity contribution >= 4 is 89.3 Å². The number of amides is 1. The van der Waals surface area contributed by atoms with E-state index in [1.165, 1.54) is 26.0 Å². The average Bonchev–Trinajstić information content (AvgIpc) is 0.755. The number of aliphatic hydroxyl groups excluding tert-OH is 1. The predicted molar refractivity (Wildman–Crippen MR) is 326 cm³/mol. The smallest absolute Gasteiger partial charge is 0.338 e. The number of hydrogen-bond acceptors (Lipinski definition) is 36. The van der Waals surface area contributed by atoms with Crippen molar-refractivity contribution in [2.75, 3.05) is 25.6 Å². The molecule has 0 aromatic heterocycles. The van der Waals surface area contributed by atoms with Gasteiger partial charge >= 0.3 is 71.6 Å². The third kappa shape index (κ3) is 22.6. The van der Waals surface area contributed by atoms with E-state index in [0.29, 0.717) is 0 Å². The van der Waals surface area contributed by atoms with Crippen LogP contribution >= 0.6 is 11.8 Å². The van der Waals surface area contributed by atoms with E-state index in [2.05, 4.69) is 5.32 Å². The number of carbonyl (C=O) groups excluding carboxylic acids is 13. The Bertz CT molecular complexity index is 3060.